The molecule has 5 nitrogen and oxygen atoms in total. The van der Waals surface area contributed by atoms with Gasteiger partial charge in [0.05, 0.1) is 28.3 Å². The van der Waals surface area contributed by atoms with E-state index in [4.69, 9.17) is 16.6 Å². The van der Waals surface area contributed by atoms with Gasteiger partial charge in [0.15, 0.2) is 17.1 Å². The molecule has 4 aromatic heterocycles. The smallest absolute Gasteiger partial charge is 0.173 e. The lowest BCUT2D eigenvalue weighted by molar-refractivity contribution is 0.514. The van der Waals surface area contributed by atoms with Gasteiger partial charge in [-0.15, -0.1) is 0 Å². The van der Waals surface area contributed by atoms with E-state index < -0.39 is 5.82 Å². The van der Waals surface area contributed by atoms with Crippen LogP contribution in [0.4, 0.5) is 10.1 Å². The summed E-state index contributed by atoms with van der Waals surface area (Å²) in [5.41, 5.74) is 4.29. The van der Waals surface area contributed by atoms with Gasteiger partial charge in [0.25, 0.3) is 0 Å². The van der Waals surface area contributed by atoms with Gasteiger partial charge in [-0.2, -0.15) is 0 Å². The fourth-order valence-electron chi connectivity index (χ4n) is 4.23. The third-order valence-corrected chi connectivity index (χ3v) is 6.46. The molecule has 0 spiro atoms. The number of halogens is 2. The second-order valence-corrected chi connectivity index (χ2v) is 10.2. The van der Waals surface area contributed by atoms with Crippen LogP contribution in [-0.2, 0) is 0 Å². The molecule has 0 N–H and O–H groups in total. The number of hydrogen-bond donors (Lipinski definition) is 0. The minimum Gasteiger partial charge on any atom is -0.369 e. The number of aromatic nitrogens is 4. The van der Waals surface area contributed by atoms with Gasteiger partial charge in [0, 0.05) is 36.4 Å². The minimum absolute atomic E-state index is 0.301. The quantitative estimate of drug-likeness (QED) is 0.344. The van der Waals surface area contributed by atoms with E-state index in [2.05, 4.69) is 41.7 Å². The molecule has 1 saturated carbocycles. The zero-order valence-corrected chi connectivity index (χ0v) is 19.6. The molecule has 0 saturated heterocycles. The molecule has 0 unspecified atom stereocenters. The maximum absolute atomic E-state index is 14.6. The average Bonchev–Trinajstić information content (AvgIpc) is 3.32. The maximum atomic E-state index is 14.6. The first-order valence-corrected chi connectivity index (χ1v) is 11.4. The summed E-state index contributed by atoms with van der Waals surface area (Å²) in [6, 6.07) is 5.31. The first-order chi connectivity index (χ1) is 15.2. The Balaban J connectivity index is 1.54. The number of anilines is 1. The van der Waals surface area contributed by atoms with Gasteiger partial charge in [-0.3, -0.25) is 0 Å². The van der Waals surface area contributed by atoms with Crippen molar-refractivity contribution in [3.8, 4) is 11.3 Å². The average molecular weight is 452 g/mol. The molecule has 0 aliphatic heterocycles. The second-order valence-electron chi connectivity index (χ2n) is 9.83. The Morgan fingerprint density at radius 3 is 2.69 bits per heavy atom. The van der Waals surface area contributed by atoms with Crippen LogP contribution in [0.1, 0.15) is 39.3 Å². The van der Waals surface area contributed by atoms with E-state index >= 15 is 0 Å². The highest BCUT2D eigenvalue weighted by Gasteiger charge is 2.39. The molecule has 0 radical (unpaired) electrons. The van der Waals surface area contributed by atoms with Crippen LogP contribution in [-0.4, -0.2) is 32.4 Å². The molecule has 0 atom stereocenters. The van der Waals surface area contributed by atoms with E-state index in [1.54, 1.807) is 16.7 Å². The van der Waals surface area contributed by atoms with E-state index in [1.807, 2.05) is 19.3 Å². The highest BCUT2D eigenvalue weighted by Crippen LogP contribution is 2.46. The molecule has 1 aliphatic rings. The number of fused-ring (bicyclic) bond motifs is 2. The fourth-order valence-corrected chi connectivity index (χ4v) is 4.47. The lowest BCUT2D eigenvalue weighted by Gasteiger charge is -2.29. The molecule has 166 valence electrons. The Labute approximate surface area is 192 Å². The zero-order valence-electron chi connectivity index (χ0n) is 18.9. The van der Waals surface area contributed by atoms with Crippen LogP contribution in [0, 0.1) is 24.1 Å². The van der Waals surface area contributed by atoms with Gasteiger partial charge in [0.2, 0.25) is 0 Å². The summed E-state index contributed by atoms with van der Waals surface area (Å²) in [6.45, 7) is 10.6. The molecule has 5 rings (SSSR count). The van der Waals surface area contributed by atoms with Crippen molar-refractivity contribution in [3.63, 3.8) is 0 Å². The van der Waals surface area contributed by atoms with E-state index in [0.29, 0.717) is 38.9 Å². The third kappa shape index (κ3) is 4.04. The third-order valence-electron chi connectivity index (χ3n) is 6.15. The van der Waals surface area contributed by atoms with Crippen molar-refractivity contribution in [2.45, 2.75) is 40.5 Å². The highest BCUT2D eigenvalue weighted by molar-refractivity contribution is 6.35. The number of rotatable bonds is 6. The Morgan fingerprint density at radius 1 is 1.19 bits per heavy atom. The summed E-state index contributed by atoms with van der Waals surface area (Å²) in [6.07, 6.45) is 8.03. The largest absolute Gasteiger partial charge is 0.369 e. The lowest BCUT2D eigenvalue weighted by Crippen LogP contribution is -2.32. The van der Waals surface area contributed by atoms with Crippen molar-refractivity contribution in [3.05, 3.63) is 53.3 Å². The normalized spacial score (nSPS) is 15.1. The SMILES string of the molecule is Cc1cn2cc(-c3cc(Cl)c4cc(N(CC(C)C)CC5(C)CC5)cnc4n3)cc(F)c2n1. The summed E-state index contributed by atoms with van der Waals surface area (Å²) >= 11 is 6.69. The van der Waals surface area contributed by atoms with Crippen LogP contribution < -0.4 is 4.90 Å². The number of imidazole rings is 1. The standard InChI is InChI=1S/C25H27ClFN5/c1-15(2)11-32(14-25(4)5-6-25)18-8-19-20(26)9-22(30-23(19)28-10-18)17-7-21(27)24-29-16(3)12-31(24)13-17/h7-10,12-13,15H,5-6,11,14H2,1-4H3. The predicted octanol–water partition coefficient (Wildman–Crippen LogP) is 6.31. The van der Waals surface area contributed by atoms with Gasteiger partial charge < -0.3 is 9.30 Å². The highest BCUT2D eigenvalue weighted by atomic mass is 35.5. The van der Waals surface area contributed by atoms with Gasteiger partial charge in [-0.05, 0) is 49.3 Å². The molecular formula is C25H27ClFN5. The Hall–Kier alpha value is -2.73. The molecule has 4 heterocycles. The molecule has 7 heteroatoms. The second kappa shape index (κ2) is 7.69. The van der Waals surface area contributed by atoms with E-state index in [1.165, 1.54) is 18.9 Å². The van der Waals surface area contributed by atoms with E-state index in [-0.39, 0.29) is 0 Å². The number of aryl methyl sites for hydroxylation is 1. The van der Waals surface area contributed by atoms with Gasteiger partial charge in [-0.25, -0.2) is 19.3 Å². The lowest BCUT2D eigenvalue weighted by atomic mass is 10.1. The van der Waals surface area contributed by atoms with Crippen LogP contribution in [0.3, 0.4) is 0 Å². The number of hydrogen-bond acceptors (Lipinski definition) is 4. The molecule has 32 heavy (non-hydrogen) atoms. The summed E-state index contributed by atoms with van der Waals surface area (Å²) in [5, 5.41) is 1.37. The summed E-state index contributed by atoms with van der Waals surface area (Å²) in [7, 11) is 0. The number of nitrogens with zero attached hydrogens (tertiary/aromatic N) is 5. The Bertz CT molecular complexity index is 1330. The summed E-state index contributed by atoms with van der Waals surface area (Å²) in [4.78, 5) is 16.0. The van der Waals surface area contributed by atoms with Crippen molar-refractivity contribution in [2.75, 3.05) is 18.0 Å². The van der Waals surface area contributed by atoms with Crippen molar-refractivity contribution >= 4 is 34.0 Å². The molecular weight excluding hydrogens is 425 g/mol. The van der Waals surface area contributed by atoms with Gasteiger partial charge in [0.1, 0.15) is 0 Å². The molecule has 0 bridgehead atoms. The monoisotopic (exact) mass is 451 g/mol. The molecule has 1 fully saturated rings. The number of pyridine rings is 3. The van der Waals surface area contributed by atoms with Crippen LogP contribution in [0.2, 0.25) is 5.02 Å². The van der Waals surface area contributed by atoms with Crippen molar-refractivity contribution in [1.82, 2.24) is 19.4 Å². The van der Waals surface area contributed by atoms with Crippen molar-refractivity contribution in [1.29, 1.82) is 0 Å². The Kier molecular flexibility index (Phi) is 5.08. The molecule has 0 aromatic carbocycles. The predicted molar refractivity (Wildman–Crippen MR) is 128 cm³/mol. The van der Waals surface area contributed by atoms with E-state index in [9.17, 15) is 4.39 Å². The maximum Gasteiger partial charge on any atom is 0.173 e. The molecule has 4 aromatic rings. The van der Waals surface area contributed by atoms with Crippen LogP contribution >= 0.6 is 11.6 Å². The van der Waals surface area contributed by atoms with Crippen LogP contribution in [0.15, 0.2) is 36.8 Å². The van der Waals surface area contributed by atoms with E-state index in [0.717, 1.165) is 29.9 Å². The first kappa shape index (κ1) is 21.1. The molecule has 1 aliphatic carbocycles. The fraction of sp³-hybridized carbons (Fsp3) is 0.400. The Morgan fingerprint density at radius 2 is 1.97 bits per heavy atom. The van der Waals surface area contributed by atoms with Gasteiger partial charge in [-0.1, -0.05) is 32.4 Å². The van der Waals surface area contributed by atoms with Gasteiger partial charge >= 0.3 is 0 Å². The topological polar surface area (TPSA) is 46.3 Å². The van der Waals surface area contributed by atoms with Crippen LogP contribution in [0.25, 0.3) is 27.9 Å². The van der Waals surface area contributed by atoms with Crippen molar-refractivity contribution < 1.29 is 4.39 Å². The summed E-state index contributed by atoms with van der Waals surface area (Å²) in [5.74, 6) is 0.149. The van der Waals surface area contributed by atoms with Crippen molar-refractivity contribution in [2.24, 2.45) is 11.3 Å². The van der Waals surface area contributed by atoms with Crippen LogP contribution in [0.5, 0.6) is 0 Å². The summed E-state index contributed by atoms with van der Waals surface area (Å²) < 4.78 is 16.3. The molecule has 0 amide bonds. The first-order valence-electron chi connectivity index (χ1n) is 11.1. The minimum atomic E-state index is -0.394. The zero-order chi connectivity index (χ0) is 22.6.